The Hall–Kier alpha value is -6.00. The number of nitrogens with zero attached hydrogens (tertiary/aromatic N) is 6. The molecule has 0 spiro atoms. The van der Waals surface area contributed by atoms with Gasteiger partial charge in [-0.1, -0.05) is 6.08 Å². The molecule has 0 radical (unpaired) electrons. The Labute approximate surface area is 412 Å². The van der Waals surface area contributed by atoms with Crippen LogP contribution < -0.4 is 21.3 Å². The lowest BCUT2D eigenvalue weighted by Gasteiger charge is -2.33. The number of amides is 6. The summed E-state index contributed by atoms with van der Waals surface area (Å²) in [6.45, 7) is 1.29. The summed E-state index contributed by atoms with van der Waals surface area (Å²) in [6.07, 6.45) is 2.61. The number of likely N-dealkylation sites (N-methyl/N-ethyl adjacent to an activating group) is 2. The van der Waals surface area contributed by atoms with Crippen LogP contribution in [0.4, 0.5) is 4.79 Å². The third-order valence-electron chi connectivity index (χ3n) is 11.3. The van der Waals surface area contributed by atoms with Crippen LogP contribution in [-0.2, 0) is 52.6 Å². The fraction of sp³-hybridized carbons (Fsp3) is 0.727. The highest BCUT2D eigenvalue weighted by Crippen LogP contribution is 2.27. The predicted octanol–water partition coefficient (Wildman–Crippen LogP) is -3.66. The van der Waals surface area contributed by atoms with Gasteiger partial charge < -0.3 is 66.1 Å². The molecule has 1 heterocycles. The molecule has 27 nitrogen and oxygen atoms in total. The number of ether oxygens (including phenoxy) is 2. The molecule has 1 fully saturated rings. The van der Waals surface area contributed by atoms with E-state index in [1.807, 2.05) is 0 Å². The number of carboxylic acids is 4. The molecule has 0 saturated carbocycles. The van der Waals surface area contributed by atoms with Crippen LogP contribution in [-0.4, -0.2) is 271 Å². The zero-order chi connectivity index (χ0) is 52.8. The molecule has 6 amide bonds. The molecular formula is C44H74N10O17. The summed E-state index contributed by atoms with van der Waals surface area (Å²) in [7, 11) is 2.75. The lowest BCUT2D eigenvalue weighted by atomic mass is 9.87. The molecule has 0 aromatic heterocycles. The van der Waals surface area contributed by atoms with Crippen molar-refractivity contribution in [3.63, 3.8) is 0 Å². The second-order valence-corrected chi connectivity index (χ2v) is 17.4. The number of rotatable bonds is 28. The number of aliphatic carboxylic acids is 4. The smallest absolute Gasteiger partial charge is 0.410 e. The minimum atomic E-state index is -1.87. The van der Waals surface area contributed by atoms with E-state index in [-0.39, 0.29) is 181 Å². The Bertz CT molecular complexity index is 1780. The van der Waals surface area contributed by atoms with Crippen LogP contribution >= 0.6 is 0 Å². The first kappa shape index (κ1) is 61.1. The number of carbonyl (C=O) groups excluding carboxylic acids is 6. The third kappa shape index (κ3) is 27.8. The molecule has 1 aliphatic carbocycles. The molecule has 1 saturated heterocycles. The van der Waals surface area contributed by atoms with Crippen molar-refractivity contribution in [1.82, 2.24) is 50.7 Å². The molecule has 0 aromatic rings. The normalized spacial score (nSPS) is 19.2. The van der Waals surface area contributed by atoms with Crippen molar-refractivity contribution in [2.75, 3.05) is 145 Å². The molecule has 2 aliphatic rings. The van der Waals surface area contributed by atoms with Crippen LogP contribution in [0.2, 0.25) is 0 Å². The Morgan fingerprint density at radius 3 is 1.45 bits per heavy atom. The molecule has 71 heavy (non-hydrogen) atoms. The van der Waals surface area contributed by atoms with Gasteiger partial charge in [0.25, 0.3) is 5.91 Å². The summed E-state index contributed by atoms with van der Waals surface area (Å²) in [5.41, 5.74) is -1.87. The van der Waals surface area contributed by atoms with Gasteiger partial charge in [0.1, 0.15) is 18.2 Å². The van der Waals surface area contributed by atoms with E-state index in [1.54, 1.807) is 31.8 Å². The summed E-state index contributed by atoms with van der Waals surface area (Å²) in [5, 5.41) is 59.1. The number of aliphatic hydroxyl groups is 1. The number of hydrogen-bond donors (Lipinski definition) is 9. The molecule has 0 aromatic carbocycles. The molecule has 402 valence electrons. The number of nitrogens with one attached hydrogen (secondary N) is 4. The molecule has 27 heteroatoms. The lowest BCUT2D eigenvalue weighted by molar-refractivity contribution is -0.153. The van der Waals surface area contributed by atoms with Gasteiger partial charge in [-0.3, -0.25) is 62.8 Å². The number of carboxylic acid groups (broad SMARTS) is 4. The minimum absolute atomic E-state index is 0.00960. The third-order valence-corrected chi connectivity index (χ3v) is 11.3. The Morgan fingerprint density at radius 2 is 0.986 bits per heavy atom. The summed E-state index contributed by atoms with van der Waals surface area (Å²) < 4.78 is 10.6. The van der Waals surface area contributed by atoms with E-state index < -0.39 is 59.4 Å². The maximum atomic E-state index is 13.5. The Kier molecular flexibility index (Phi) is 28.9. The molecule has 2 rings (SSSR count). The summed E-state index contributed by atoms with van der Waals surface area (Å²) in [5.74, 6) is -6.50. The highest BCUT2D eigenvalue weighted by atomic mass is 16.6. The second-order valence-electron chi connectivity index (χ2n) is 17.4. The SMILES string of the molecule is CN(CC(=O)NCCCNC(=O)CCOCCC(=O)O)C(=O)OC1/C=C/CCC(O)(C(=O)N(C)CC(=O)NCCCNC(=O)CN2CCN(CC(=O)O)CCN(CC(=O)O)CCN(CC(=O)O)CC2)CC1. The quantitative estimate of drug-likeness (QED) is 0.0269. The van der Waals surface area contributed by atoms with Gasteiger partial charge in [-0.05, 0) is 44.6 Å². The van der Waals surface area contributed by atoms with Gasteiger partial charge in [0.15, 0.2) is 0 Å². The van der Waals surface area contributed by atoms with Gasteiger partial charge in [0, 0.05) is 99.1 Å². The van der Waals surface area contributed by atoms with E-state index in [2.05, 4.69) is 21.3 Å². The van der Waals surface area contributed by atoms with Crippen LogP contribution in [0, 0.1) is 0 Å². The van der Waals surface area contributed by atoms with Crippen molar-refractivity contribution in [3.05, 3.63) is 12.2 Å². The standard InChI is InChI=1S/C44H74N10O17/c1-49(42(67)44(69)11-4-3-7-33(8-12-44)71-43(68)50(2)28-36(57)47-14-5-13-45-34(55)9-25-70-26-10-38(59)60)27-35(56)46-15-6-16-48-37(58)29-51-17-19-52(30-39(61)62)21-23-54(32-41(65)66)24-22-53(20-18-51)31-40(63)64/h3,7,33,69H,4-6,8-32H2,1-2H3,(H,45,55)(H,46,56)(H,47,57)(H,48,58)(H,59,60)(H,61,62)(H,63,64)(H,65,66)/b7-3+. The van der Waals surface area contributed by atoms with Crippen LogP contribution in [0.5, 0.6) is 0 Å². The van der Waals surface area contributed by atoms with Crippen molar-refractivity contribution in [2.24, 2.45) is 0 Å². The summed E-state index contributed by atoms with van der Waals surface area (Å²) >= 11 is 0. The molecule has 2 unspecified atom stereocenters. The Balaban J connectivity index is 1.76. The van der Waals surface area contributed by atoms with Gasteiger partial charge in [0.2, 0.25) is 23.6 Å². The van der Waals surface area contributed by atoms with E-state index >= 15 is 0 Å². The zero-order valence-electron chi connectivity index (χ0n) is 40.8. The molecule has 1 aliphatic heterocycles. The highest BCUT2D eigenvalue weighted by Gasteiger charge is 2.39. The summed E-state index contributed by atoms with van der Waals surface area (Å²) in [6, 6.07) is 0. The van der Waals surface area contributed by atoms with Crippen LogP contribution in [0.25, 0.3) is 0 Å². The van der Waals surface area contributed by atoms with E-state index in [1.165, 1.54) is 14.1 Å². The number of allylic oxidation sites excluding steroid dienone is 1. The van der Waals surface area contributed by atoms with Gasteiger partial charge in [-0.2, -0.15) is 0 Å². The molecular weight excluding hydrogens is 941 g/mol. The molecule has 0 bridgehead atoms. The minimum Gasteiger partial charge on any atom is -0.481 e. The van der Waals surface area contributed by atoms with Crippen molar-refractivity contribution in [3.8, 4) is 0 Å². The molecule has 9 N–H and O–H groups in total. The van der Waals surface area contributed by atoms with E-state index in [0.29, 0.717) is 12.8 Å². The summed E-state index contributed by atoms with van der Waals surface area (Å²) in [4.78, 5) is 130. The zero-order valence-corrected chi connectivity index (χ0v) is 40.8. The maximum Gasteiger partial charge on any atom is 0.410 e. The van der Waals surface area contributed by atoms with Crippen molar-refractivity contribution in [1.29, 1.82) is 0 Å². The highest BCUT2D eigenvalue weighted by molar-refractivity contribution is 5.89. The average molecular weight is 1020 g/mol. The van der Waals surface area contributed by atoms with Crippen LogP contribution in [0.1, 0.15) is 51.4 Å². The monoisotopic (exact) mass is 1010 g/mol. The topological polar surface area (TPSA) is 358 Å². The first-order valence-corrected chi connectivity index (χ1v) is 23.6. The van der Waals surface area contributed by atoms with Crippen molar-refractivity contribution in [2.45, 2.75) is 63.1 Å². The second kappa shape index (κ2) is 33.6. The largest absolute Gasteiger partial charge is 0.481 e. The van der Waals surface area contributed by atoms with Crippen LogP contribution in [0.15, 0.2) is 12.2 Å². The lowest BCUT2D eigenvalue weighted by Crippen LogP contribution is -2.51. The molecule has 2 atom stereocenters. The maximum absolute atomic E-state index is 13.5. The van der Waals surface area contributed by atoms with E-state index in [4.69, 9.17) is 14.6 Å². The van der Waals surface area contributed by atoms with Gasteiger partial charge in [0.05, 0.1) is 52.4 Å². The Morgan fingerprint density at radius 1 is 0.563 bits per heavy atom. The number of carbonyl (C=O) groups is 10. The van der Waals surface area contributed by atoms with Crippen molar-refractivity contribution < 1.29 is 83.0 Å². The first-order chi connectivity index (χ1) is 33.6. The van der Waals surface area contributed by atoms with Crippen molar-refractivity contribution >= 4 is 59.5 Å². The first-order valence-electron chi connectivity index (χ1n) is 23.6. The predicted molar refractivity (Wildman–Crippen MR) is 251 cm³/mol. The van der Waals surface area contributed by atoms with E-state index in [9.17, 15) is 68.4 Å². The fourth-order valence-corrected chi connectivity index (χ4v) is 7.38. The van der Waals surface area contributed by atoms with Crippen LogP contribution in [0.3, 0.4) is 0 Å². The number of hydrogen-bond acceptors (Lipinski definition) is 17. The van der Waals surface area contributed by atoms with Gasteiger partial charge >= 0.3 is 30.0 Å². The van der Waals surface area contributed by atoms with Gasteiger partial charge in [-0.15, -0.1) is 0 Å². The average Bonchev–Trinajstić information content (AvgIpc) is 3.28. The van der Waals surface area contributed by atoms with Gasteiger partial charge in [-0.25, -0.2) is 4.79 Å². The fourth-order valence-electron chi connectivity index (χ4n) is 7.38. The van der Waals surface area contributed by atoms with E-state index in [0.717, 1.165) is 9.80 Å².